The molecule has 0 aliphatic rings. The summed E-state index contributed by atoms with van der Waals surface area (Å²) < 4.78 is 0. The third kappa shape index (κ3) is 10.7. The van der Waals surface area contributed by atoms with Gasteiger partial charge in [0.15, 0.2) is 0 Å². The Balaban J connectivity index is 5.16. The van der Waals surface area contributed by atoms with Crippen LogP contribution in [0.1, 0.15) is 25.7 Å². The second kappa shape index (κ2) is 14.9. The van der Waals surface area contributed by atoms with Gasteiger partial charge in [0.2, 0.25) is 23.6 Å². The van der Waals surface area contributed by atoms with Crippen molar-refractivity contribution in [3.63, 3.8) is 0 Å². The lowest BCUT2D eigenvalue weighted by atomic mass is 10.1. The lowest BCUT2D eigenvalue weighted by Crippen LogP contribution is -2.58. The number of primary amides is 1. The lowest BCUT2D eigenvalue weighted by Gasteiger charge is -2.24. The lowest BCUT2D eigenvalue weighted by molar-refractivity contribution is -0.141. The zero-order valence-electron chi connectivity index (χ0n) is 16.4. The Kier molecular flexibility index (Phi) is 13.9. The van der Waals surface area contributed by atoms with Crippen molar-refractivity contribution in [2.24, 2.45) is 17.2 Å². The number of carbonyl (C=O) groups excluding carboxylic acids is 4. The molecule has 0 bridgehead atoms. The first-order valence-electron chi connectivity index (χ1n) is 9.16. The smallest absolute Gasteiger partial charge is 0.327 e. The first kappa shape index (κ1) is 28.0. The van der Waals surface area contributed by atoms with Crippen molar-refractivity contribution in [2.75, 3.05) is 18.1 Å². The Morgan fingerprint density at radius 3 is 1.80 bits per heavy atom. The molecule has 0 aromatic carbocycles. The third-order valence-corrected chi connectivity index (χ3v) is 4.68. The molecule has 14 heteroatoms. The van der Waals surface area contributed by atoms with Crippen molar-refractivity contribution in [3.05, 3.63) is 0 Å². The van der Waals surface area contributed by atoms with Crippen molar-refractivity contribution >= 4 is 54.9 Å². The third-order valence-electron chi connectivity index (χ3n) is 3.95. The first-order valence-corrected chi connectivity index (χ1v) is 10.4. The van der Waals surface area contributed by atoms with E-state index in [0.29, 0.717) is 19.4 Å². The number of aliphatic carboxylic acids is 1. The summed E-state index contributed by atoms with van der Waals surface area (Å²) in [5, 5.41) is 16.2. The van der Waals surface area contributed by atoms with E-state index in [9.17, 15) is 24.0 Å². The Hall–Kier alpha value is -2.03. The van der Waals surface area contributed by atoms with Gasteiger partial charge in [-0.2, -0.15) is 25.3 Å². The van der Waals surface area contributed by atoms with Crippen LogP contribution in [0.3, 0.4) is 0 Å². The average molecular weight is 467 g/mol. The first-order chi connectivity index (χ1) is 14.1. The molecule has 0 aromatic heterocycles. The van der Waals surface area contributed by atoms with Gasteiger partial charge in [-0.3, -0.25) is 19.2 Å². The molecule has 30 heavy (non-hydrogen) atoms. The molecule has 172 valence electrons. The van der Waals surface area contributed by atoms with Crippen molar-refractivity contribution in [3.8, 4) is 0 Å². The van der Waals surface area contributed by atoms with Gasteiger partial charge in [0.25, 0.3) is 0 Å². The fraction of sp³-hybridized carbons (Fsp3) is 0.688. The number of thiol groups is 2. The van der Waals surface area contributed by atoms with Gasteiger partial charge in [-0.25, -0.2) is 4.79 Å². The van der Waals surface area contributed by atoms with Crippen LogP contribution in [0.4, 0.5) is 0 Å². The van der Waals surface area contributed by atoms with Crippen molar-refractivity contribution < 1.29 is 29.1 Å². The highest BCUT2D eigenvalue weighted by Gasteiger charge is 2.29. The maximum Gasteiger partial charge on any atom is 0.327 e. The molecule has 0 radical (unpaired) electrons. The zero-order valence-corrected chi connectivity index (χ0v) is 18.2. The van der Waals surface area contributed by atoms with Gasteiger partial charge < -0.3 is 38.3 Å². The monoisotopic (exact) mass is 466 g/mol. The van der Waals surface area contributed by atoms with Crippen LogP contribution >= 0.6 is 25.3 Å². The highest BCUT2D eigenvalue weighted by Crippen LogP contribution is 2.04. The summed E-state index contributed by atoms with van der Waals surface area (Å²) in [5.41, 5.74) is 16.0. The van der Waals surface area contributed by atoms with Crippen LogP contribution in [0.15, 0.2) is 0 Å². The number of hydrogen-bond acceptors (Lipinski definition) is 9. The molecule has 12 nitrogen and oxygen atoms in total. The highest BCUT2D eigenvalue weighted by atomic mass is 32.1. The highest BCUT2D eigenvalue weighted by molar-refractivity contribution is 7.80. The molecular formula is C16H30N6O6S2. The van der Waals surface area contributed by atoms with E-state index >= 15 is 0 Å². The summed E-state index contributed by atoms with van der Waals surface area (Å²) >= 11 is 7.89. The normalized spacial score (nSPS) is 14.7. The topological polar surface area (TPSA) is 220 Å². The molecule has 0 rings (SSSR count). The van der Waals surface area contributed by atoms with Crippen LogP contribution in [0.2, 0.25) is 0 Å². The van der Waals surface area contributed by atoms with Crippen LogP contribution in [0, 0.1) is 0 Å². The molecule has 4 unspecified atom stereocenters. The standard InChI is InChI=1S/C16H30N6O6S2/c17-4-2-1-3-9(14(25)22-11(7-30)16(27)28)20-15(26)10(6-29)21-13(24)8(18)5-12(19)23/h8-11,29-30H,1-7,17-18H2,(H2,19,23)(H,20,26)(H,21,24)(H,22,25)(H,27,28). The second-order valence-corrected chi connectivity index (χ2v) is 7.18. The number of nitrogens with one attached hydrogen (secondary N) is 3. The zero-order chi connectivity index (χ0) is 23.3. The number of rotatable bonds is 15. The fourth-order valence-corrected chi connectivity index (χ4v) is 2.78. The molecule has 4 amide bonds. The van der Waals surface area contributed by atoms with E-state index in [2.05, 4.69) is 41.2 Å². The Morgan fingerprint density at radius 1 is 0.833 bits per heavy atom. The van der Waals surface area contributed by atoms with E-state index in [-0.39, 0.29) is 17.9 Å². The number of unbranched alkanes of at least 4 members (excludes halogenated alkanes) is 1. The predicted octanol–water partition coefficient (Wildman–Crippen LogP) is -3.28. The van der Waals surface area contributed by atoms with Crippen LogP contribution in [-0.2, 0) is 24.0 Å². The minimum absolute atomic E-state index is 0.119. The van der Waals surface area contributed by atoms with Crippen molar-refractivity contribution in [1.29, 1.82) is 0 Å². The van der Waals surface area contributed by atoms with E-state index < -0.39 is 60.2 Å². The van der Waals surface area contributed by atoms with Gasteiger partial charge in [-0.05, 0) is 25.8 Å². The quantitative estimate of drug-likeness (QED) is 0.0877. The Morgan fingerprint density at radius 2 is 1.33 bits per heavy atom. The molecule has 4 atom stereocenters. The van der Waals surface area contributed by atoms with Crippen LogP contribution in [0.25, 0.3) is 0 Å². The minimum atomic E-state index is -1.27. The van der Waals surface area contributed by atoms with Gasteiger partial charge in [-0.15, -0.1) is 0 Å². The summed E-state index contributed by atoms with van der Waals surface area (Å²) in [6.07, 6.45) is 0.872. The molecule has 0 aliphatic heterocycles. The summed E-state index contributed by atoms with van der Waals surface area (Å²) in [5.74, 6) is -4.53. The van der Waals surface area contributed by atoms with Gasteiger partial charge >= 0.3 is 5.97 Å². The van der Waals surface area contributed by atoms with Crippen molar-refractivity contribution in [2.45, 2.75) is 49.9 Å². The number of carbonyl (C=O) groups is 5. The van der Waals surface area contributed by atoms with Crippen LogP contribution < -0.4 is 33.2 Å². The minimum Gasteiger partial charge on any atom is -0.480 e. The maximum absolute atomic E-state index is 12.5. The second-order valence-electron chi connectivity index (χ2n) is 6.45. The molecule has 10 N–H and O–H groups in total. The summed E-state index contributed by atoms with van der Waals surface area (Å²) in [4.78, 5) is 59.0. The average Bonchev–Trinajstić information content (AvgIpc) is 2.68. The van der Waals surface area contributed by atoms with Gasteiger partial charge in [-0.1, -0.05) is 0 Å². The molecule has 0 saturated heterocycles. The summed E-state index contributed by atoms with van der Waals surface area (Å²) in [6.45, 7) is 0.379. The number of amides is 4. The molecule has 0 saturated carbocycles. The number of hydrogen-bond donors (Lipinski definition) is 9. The predicted molar refractivity (Wildman–Crippen MR) is 116 cm³/mol. The maximum atomic E-state index is 12.5. The molecule has 0 fully saturated rings. The van der Waals surface area contributed by atoms with Gasteiger partial charge in [0.1, 0.15) is 18.1 Å². The number of carboxylic acids is 1. The van der Waals surface area contributed by atoms with Gasteiger partial charge in [0, 0.05) is 11.5 Å². The SMILES string of the molecule is NCCCCC(NC(=O)C(CS)NC(=O)C(N)CC(N)=O)C(=O)NC(CS)C(=O)O. The molecule has 0 spiro atoms. The van der Waals surface area contributed by atoms with E-state index in [4.69, 9.17) is 22.3 Å². The van der Waals surface area contributed by atoms with Crippen LogP contribution in [-0.4, -0.2) is 76.9 Å². The summed E-state index contributed by atoms with van der Waals surface area (Å²) in [7, 11) is 0. The van der Waals surface area contributed by atoms with Crippen molar-refractivity contribution in [1.82, 2.24) is 16.0 Å². The Labute approximate surface area is 185 Å². The molecular weight excluding hydrogens is 436 g/mol. The van der Waals surface area contributed by atoms with E-state index in [1.54, 1.807) is 0 Å². The van der Waals surface area contributed by atoms with E-state index in [0.717, 1.165) is 0 Å². The van der Waals surface area contributed by atoms with E-state index in [1.165, 1.54) is 0 Å². The fourth-order valence-electron chi connectivity index (χ4n) is 2.27. The van der Waals surface area contributed by atoms with Crippen LogP contribution in [0.5, 0.6) is 0 Å². The largest absolute Gasteiger partial charge is 0.480 e. The Bertz CT molecular complexity index is 623. The molecule has 0 heterocycles. The van der Waals surface area contributed by atoms with Gasteiger partial charge in [0.05, 0.1) is 12.5 Å². The van der Waals surface area contributed by atoms with E-state index in [1.807, 2.05) is 0 Å². The molecule has 0 aromatic rings. The molecule has 0 aliphatic carbocycles. The summed E-state index contributed by atoms with van der Waals surface area (Å²) in [6, 6.07) is -4.69. The number of carboxylic acid groups (broad SMARTS) is 1. The number of nitrogens with two attached hydrogens (primary N) is 3.